The molecule has 0 atom stereocenters. The summed E-state index contributed by atoms with van der Waals surface area (Å²) in [6, 6.07) is 6.66. The Labute approximate surface area is 137 Å². The zero-order valence-corrected chi connectivity index (χ0v) is 16.2. The van der Waals surface area contributed by atoms with Crippen molar-refractivity contribution in [3.63, 3.8) is 0 Å². The highest BCUT2D eigenvalue weighted by Gasteiger charge is 2.53. The van der Waals surface area contributed by atoms with Crippen molar-refractivity contribution in [1.82, 2.24) is 0 Å². The minimum Gasteiger partial charge on any atom is -0.377 e. The van der Waals surface area contributed by atoms with E-state index in [-0.39, 0.29) is 6.61 Å². The highest BCUT2D eigenvalue weighted by atomic mass is 31.2. The van der Waals surface area contributed by atoms with Gasteiger partial charge in [-0.2, -0.15) is 8.78 Å². The fraction of sp³-hybridized carbons (Fsp3) is 0.600. The van der Waals surface area contributed by atoms with Crippen LogP contribution in [0.3, 0.4) is 0 Å². The summed E-state index contributed by atoms with van der Waals surface area (Å²) < 4.78 is 55.2. The lowest BCUT2D eigenvalue weighted by Crippen LogP contribution is -2.21. The average molecular weight is 366 g/mol. The molecule has 0 saturated carbocycles. The zero-order chi connectivity index (χ0) is 17.7. The molecule has 0 saturated heterocycles. The molecule has 23 heavy (non-hydrogen) atoms. The number of benzene rings is 1. The lowest BCUT2D eigenvalue weighted by atomic mass is 10.1. The topological polar surface area (TPSA) is 44.8 Å². The van der Waals surface area contributed by atoms with Crippen LogP contribution in [0, 0.1) is 0 Å². The summed E-state index contributed by atoms with van der Waals surface area (Å²) in [6.45, 7) is 7.56. The molecule has 0 radical (unpaired) electrons. The van der Waals surface area contributed by atoms with E-state index in [1.54, 1.807) is 6.07 Å². The Morgan fingerprint density at radius 3 is 2.30 bits per heavy atom. The Hall–Kier alpha value is -0.593. The highest BCUT2D eigenvalue weighted by Crippen LogP contribution is 2.65. The first-order valence-electron chi connectivity index (χ1n) is 7.32. The van der Waals surface area contributed by atoms with Gasteiger partial charge in [-0.3, -0.25) is 4.57 Å². The summed E-state index contributed by atoms with van der Waals surface area (Å²) in [6.07, 6.45) is 0. The van der Waals surface area contributed by atoms with E-state index in [1.807, 2.05) is 0 Å². The largest absolute Gasteiger partial charge is 0.403 e. The van der Waals surface area contributed by atoms with Gasteiger partial charge in [0.25, 0.3) is 0 Å². The summed E-state index contributed by atoms with van der Waals surface area (Å²) in [4.78, 5) is 0. The number of hydrogen-bond donors (Lipinski definition) is 0. The van der Waals surface area contributed by atoms with Gasteiger partial charge >= 0.3 is 13.3 Å². The Kier molecular flexibility index (Phi) is 7.10. The van der Waals surface area contributed by atoms with Crippen LogP contribution in [-0.2, 0) is 30.6 Å². The maximum Gasteiger partial charge on any atom is 0.403 e. The Bertz CT molecular complexity index is 553. The molecule has 0 fully saturated rings. The third-order valence-corrected chi connectivity index (χ3v) is 6.98. The lowest BCUT2D eigenvalue weighted by molar-refractivity contribution is 0.0451. The van der Waals surface area contributed by atoms with Gasteiger partial charge in [-0.1, -0.05) is 37.8 Å². The summed E-state index contributed by atoms with van der Waals surface area (Å²) >= 11 is 0. The predicted octanol–water partition coefficient (Wildman–Crippen LogP) is 5.08. The van der Waals surface area contributed by atoms with Crippen molar-refractivity contribution < 1.29 is 27.1 Å². The van der Waals surface area contributed by atoms with E-state index in [0.29, 0.717) is 12.2 Å². The van der Waals surface area contributed by atoms with Gasteiger partial charge in [0.15, 0.2) is 0 Å². The second kappa shape index (κ2) is 7.99. The molecule has 0 spiro atoms. The number of ether oxygens (including phenoxy) is 1. The van der Waals surface area contributed by atoms with Crippen LogP contribution in [0.25, 0.3) is 0 Å². The standard InChI is InChI=1S/C15H25F2O4PSi/c1-19-22(18,20-2)15(16,17)14-8-6-7-13(11-14)12-21-9-10-23(3,4)5/h6-8,11H,9-10,12H2,1-5H3. The summed E-state index contributed by atoms with van der Waals surface area (Å²) in [5.74, 6) is 0. The van der Waals surface area contributed by atoms with Crippen molar-refractivity contribution in [2.45, 2.75) is 38.0 Å². The van der Waals surface area contributed by atoms with Gasteiger partial charge in [0, 0.05) is 34.5 Å². The molecule has 8 heteroatoms. The van der Waals surface area contributed by atoms with E-state index in [0.717, 1.165) is 20.3 Å². The number of alkyl halides is 2. The van der Waals surface area contributed by atoms with Gasteiger partial charge in [-0.05, 0) is 17.7 Å². The molecule has 132 valence electrons. The maximum absolute atomic E-state index is 14.4. The number of rotatable bonds is 9. The molecule has 1 rings (SSSR count). The van der Waals surface area contributed by atoms with E-state index >= 15 is 0 Å². The Morgan fingerprint density at radius 1 is 1.17 bits per heavy atom. The van der Waals surface area contributed by atoms with Crippen molar-refractivity contribution in [1.29, 1.82) is 0 Å². The van der Waals surface area contributed by atoms with Gasteiger partial charge in [-0.15, -0.1) is 0 Å². The van der Waals surface area contributed by atoms with Crippen LogP contribution in [0.5, 0.6) is 0 Å². The summed E-state index contributed by atoms with van der Waals surface area (Å²) in [5, 5.41) is 0. The van der Waals surface area contributed by atoms with E-state index in [9.17, 15) is 13.3 Å². The van der Waals surface area contributed by atoms with Crippen LogP contribution in [0.15, 0.2) is 24.3 Å². The molecule has 0 amide bonds. The molecule has 0 aliphatic carbocycles. The van der Waals surface area contributed by atoms with E-state index < -0.39 is 26.9 Å². The van der Waals surface area contributed by atoms with Gasteiger partial charge in [0.2, 0.25) is 0 Å². The molecule has 4 nitrogen and oxygen atoms in total. The second-order valence-corrected chi connectivity index (χ2v) is 14.4. The second-order valence-electron chi connectivity index (χ2n) is 6.47. The third-order valence-electron chi connectivity index (χ3n) is 3.36. The molecule has 0 N–H and O–H groups in total. The monoisotopic (exact) mass is 366 g/mol. The maximum atomic E-state index is 14.4. The summed E-state index contributed by atoms with van der Waals surface area (Å²) in [7, 11) is -3.84. The van der Waals surface area contributed by atoms with Crippen molar-refractivity contribution in [3.8, 4) is 0 Å². The van der Waals surface area contributed by atoms with Gasteiger partial charge in [0.05, 0.1) is 6.61 Å². The molecule has 0 aromatic heterocycles. The molecule has 0 heterocycles. The normalized spacial score (nSPS) is 13.3. The average Bonchev–Trinajstić information content (AvgIpc) is 2.50. The minimum atomic E-state index is -4.55. The third kappa shape index (κ3) is 5.47. The van der Waals surface area contributed by atoms with Crippen LogP contribution >= 0.6 is 7.60 Å². The molecule has 1 aromatic rings. The van der Waals surface area contributed by atoms with Crippen molar-refractivity contribution in [3.05, 3.63) is 35.4 Å². The fourth-order valence-electron chi connectivity index (χ4n) is 1.88. The smallest absolute Gasteiger partial charge is 0.377 e. The molecule has 0 unspecified atom stereocenters. The van der Waals surface area contributed by atoms with E-state index in [1.165, 1.54) is 18.2 Å². The zero-order valence-electron chi connectivity index (χ0n) is 14.3. The van der Waals surface area contributed by atoms with E-state index in [2.05, 4.69) is 28.7 Å². The highest BCUT2D eigenvalue weighted by molar-refractivity contribution is 7.54. The lowest BCUT2D eigenvalue weighted by Gasteiger charge is -2.24. The van der Waals surface area contributed by atoms with Gasteiger partial charge in [0.1, 0.15) is 0 Å². The first-order valence-corrected chi connectivity index (χ1v) is 12.6. The molecular weight excluding hydrogens is 341 g/mol. The molecule has 0 aliphatic heterocycles. The van der Waals surface area contributed by atoms with Gasteiger partial charge < -0.3 is 13.8 Å². The molecular formula is C15H25F2O4PSi. The SMILES string of the molecule is COP(=O)(OC)C(F)(F)c1cccc(COCC[Si](C)(C)C)c1. The number of hydrogen-bond acceptors (Lipinski definition) is 4. The summed E-state index contributed by atoms with van der Waals surface area (Å²) in [5.41, 5.74) is -3.53. The Morgan fingerprint density at radius 2 is 1.78 bits per heavy atom. The minimum absolute atomic E-state index is 0.235. The Balaban J connectivity index is 2.82. The quantitative estimate of drug-likeness (QED) is 0.347. The first-order chi connectivity index (χ1) is 10.6. The van der Waals surface area contributed by atoms with Crippen LogP contribution in [0.1, 0.15) is 11.1 Å². The van der Waals surface area contributed by atoms with Crippen LogP contribution in [-0.4, -0.2) is 28.9 Å². The van der Waals surface area contributed by atoms with Crippen LogP contribution < -0.4 is 0 Å². The van der Waals surface area contributed by atoms with Crippen molar-refractivity contribution in [2.75, 3.05) is 20.8 Å². The van der Waals surface area contributed by atoms with Crippen LogP contribution in [0.4, 0.5) is 8.78 Å². The number of halogens is 2. The van der Waals surface area contributed by atoms with Crippen molar-refractivity contribution >= 4 is 15.7 Å². The fourth-order valence-corrected chi connectivity index (χ4v) is 3.70. The predicted molar refractivity (Wildman–Crippen MR) is 89.8 cm³/mol. The molecule has 0 bridgehead atoms. The van der Waals surface area contributed by atoms with E-state index in [4.69, 9.17) is 4.74 Å². The first kappa shape index (κ1) is 20.5. The van der Waals surface area contributed by atoms with Crippen molar-refractivity contribution in [2.24, 2.45) is 0 Å². The molecule has 1 aromatic carbocycles. The molecule has 0 aliphatic rings. The van der Waals surface area contributed by atoms with Crippen LogP contribution in [0.2, 0.25) is 25.7 Å². The van der Waals surface area contributed by atoms with Gasteiger partial charge in [-0.25, -0.2) is 0 Å².